The van der Waals surface area contributed by atoms with Gasteiger partial charge in [0.1, 0.15) is 6.04 Å². The minimum Gasteiger partial charge on any atom is -0.504 e. The summed E-state index contributed by atoms with van der Waals surface area (Å²) in [5.41, 5.74) is 0.0891. The lowest BCUT2D eigenvalue weighted by molar-refractivity contribution is -0.140. The average Bonchev–Trinajstić information content (AvgIpc) is 2.43. The van der Waals surface area contributed by atoms with Crippen LogP contribution in [0.5, 0.6) is 11.5 Å². The summed E-state index contributed by atoms with van der Waals surface area (Å²) in [6, 6.07) is 2.47. The number of hydrogen-bond acceptors (Lipinski definition) is 5. The number of phenolic OH excluding ortho intramolecular Hbond substituents is 1. The van der Waals surface area contributed by atoms with Gasteiger partial charge in [-0.3, -0.25) is 9.59 Å². The normalized spacial score (nSPS) is 11.5. The van der Waals surface area contributed by atoms with Gasteiger partial charge in [-0.25, -0.2) is 4.79 Å². The first-order valence-electron chi connectivity index (χ1n) is 5.97. The van der Waals surface area contributed by atoms with Gasteiger partial charge < -0.3 is 25.4 Å². The summed E-state index contributed by atoms with van der Waals surface area (Å²) in [6.45, 7) is 0. The number of carboxylic acids is 2. The number of phenols is 1. The molecule has 0 spiro atoms. The predicted octanol–water partition coefficient (Wildman–Crippen LogP) is 0.449. The highest BCUT2D eigenvalue weighted by Crippen LogP contribution is 2.26. The average molecular weight is 297 g/mol. The Bertz CT molecular complexity index is 555. The number of aliphatic carboxylic acids is 2. The molecule has 1 aromatic rings. The quantitative estimate of drug-likeness (QED) is 0.574. The van der Waals surface area contributed by atoms with E-state index in [1.54, 1.807) is 0 Å². The molecule has 0 radical (unpaired) electrons. The van der Waals surface area contributed by atoms with E-state index in [1.165, 1.54) is 25.3 Å². The van der Waals surface area contributed by atoms with E-state index in [0.29, 0.717) is 0 Å². The van der Waals surface area contributed by atoms with Gasteiger partial charge in [0.2, 0.25) is 0 Å². The van der Waals surface area contributed by atoms with Crippen LogP contribution in [0.15, 0.2) is 18.2 Å². The van der Waals surface area contributed by atoms with E-state index in [4.69, 9.17) is 14.9 Å². The van der Waals surface area contributed by atoms with Crippen molar-refractivity contribution in [1.29, 1.82) is 0 Å². The highest BCUT2D eigenvalue weighted by atomic mass is 16.5. The van der Waals surface area contributed by atoms with Gasteiger partial charge in [0.15, 0.2) is 11.5 Å². The van der Waals surface area contributed by atoms with Crippen LogP contribution >= 0.6 is 0 Å². The monoisotopic (exact) mass is 297 g/mol. The molecule has 0 aliphatic carbocycles. The first-order valence-corrected chi connectivity index (χ1v) is 5.97. The highest BCUT2D eigenvalue weighted by Gasteiger charge is 2.22. The van der Waals surface area contributed by atoms with Gasteiger partial charge in [0.05, 0.1) is 7.11 Å². The number of methoxy groups -OCH3 is 1. The van der Waals surface area contributed by atoms with Crippen LogP contribution < -0.4 is 10.1 Å². The molecule has 0 fully saturated rings. The maximum Gasteiger partial charge on any atom is 0.326 e. The molecule has 0 bridgehead atoms. The van der Waals surface area contributed by atoms with E-state index in [-0.39, 0.29) is 29.9 Å². The Morgan fingerprint density at radius 3 is 2.48 bits per heavy atom. The third-order valence-corrected chi connectivity index (χ3v) is 2.69. The van der Waals surface area contributed by atoms with Crippen LogP contribution in [-0.2, 0) is 9.59 Å². The number of carboxylic acid groups (broad SMARTS) is 2. The van der Waals surface area contributed by atoms with E-state index < -0.39 is 23.9 Å². The van der Waals surface area contributed by atoms with Crippen molar-refractivity contribution in [3.8, 4) is 11.5 Å². The van der Waals surface area contributed by atoms with E-state index in [9.17, 15) is 19.5 Å². The van der Waals surface area contributed by atoms with Crippen molar-refractivity contribution in [2.45, 2.75) is 18.9 Å². The molecule has 0 aliphatic rings. The van der Waals surface area contributed by atoms with Gasteiger partial charge in [0, 0.05) is 12.0 Å². The Morgan fingerprint density at radius 2 is 1.95 bits per heavy atom. The van der Waals surface area contributed by atoms with Gasteiger partial charge in [-0.05, 0) is 24.6 Å². The summed E-state index contributed by atoms with van der Waals surface area (Å²) in [6.07, 6.45) is -0.609. The van der Waals surface area contributed by atoms with Crippen LogP contribution in [0.1, 0.15) is 23.2 Å². The van der Waals surface area contributed by atoms with Crippen molar-refractivity contribution in [1.82, 2.24) is 5.32 Å². The SMILES string of the molecule is COc1cc(C(=O)NC(CCC(=O)O)C(=O)O)ccc1O. The Hall–Kier alpha value is -2.77. The van der Waals surface area contributed by atoms with Gasteiger partial charge in [-0.2, -0.15) is 0 Å². The number of carbonyl (C=O) groups is 3. The lowest BCUT2D eigenvalue weighted by Crippen LogP contribution is -2.41. The molecule has 1 amide bonds. The molecule has 1 rings (SSSR count). The first-order chi connectivity index (χ1) is 9.85. The van der Waals surface area contributed by atoms with Crippen LogP contribution in [0.4, 0.5) is 0 Å². The minimum absolute atomic E-state index is 0.0695. The van der Waals surface area contributed by atoms with Crippen LogP contribution in [0.25, 0.3) is 0 Å². The fourth-order valence-electron chi connectivity index (χ4n) is 1.59. The number of benzene rings is 1. The lowest BCUT2D eigenvalue weighted by atomic mass is 10.1. The number of aromatic hydroxyl groups is 1. The molecular formula is C13H15NO7. The van der Waals surface area contributed by atoms with Crippen molar-refractivity contribution in [2.75, 3.05) is 7.11 Å². The third-order valence-electron chi connectivity index (χ3n) is 2.69. The molecule has 0 aliphatic heterocycles. The fourth-order valence-corrected chi connectivity index (χ4v) is 1.59. The minimum atomic E-state index is -1.32. The summed E-state index contributed by atoms with van der Waals surface area (Å²) in [5, 5.41) is 29.1. The lowest BCUT2D eigenvalue weighted by Gasteiger charge is -2.14. The van der Waals surface area contributed by atoms with Crippen molar-refractivity contribution in [3.05, 3.63) is 23.8 Å². The molecule has 0 saturated heterocycles. The number of hydrogen-bond donors (Lipinski definition) is 4. The zero-order valence-electron chi connectivity index (χ0n) is 11.2. The number of rotatable bonds is 7. The molecule has 0 heterocycles. The van der Waals surface area contributed by atoms with Crippen molar-refractivity contribution < 1.29 is 34.4 Å². The Morgan fingerprint density at radius 1 is 1.29 bits per heavy atom. The largest absolute Gasteiger partial charge is 0.504 e. The topological polar surface area (TPSA) is 133 Å². The predicted molar refractivity (Wildman–Crippen MR) is 70.4 cm³/mol. The highest BCUT2D eigenvalue weighted by molar-refractivity contribution is 5.97. The molecule has 114 valence electrons. The summed E-state index contributed by atoms with van der Waals surface area (Å²) in [7, 11) is 1.31. The smallest absolute Gasteiger partial charge is 0.326 e. The standard InChI is InChI=1S/C13H15NO7/c1-21-10-6-7(2-4-9(10)15)12(18)14-8(13(19)20)3-5-11(16)17/h2,4,6,8,15H,3,5H2,1H3,(H,14,18)(H,16,17)(H,19,20). The molecular weight excluding hydrogens is 282 g/mol. The zero-order chi connectivity index (χ0) is 16.0. The van der Waals surface area contributed by atoms with E-state index >= 15 is 0 Å². The summed E-state index contributed by atoms with van der Waals surface area (Å²) < 4.78 is 4.84. The number of nitrogens with one attached hydrogen (secondary N) is 1. The number of ether oxygens (including phenoxy) is 1. The second kappa shape index (κ2) is 7.13. The van der Waals surface area contributed by atoms with Gasteiger partial charge in [-0.1, -0.05) is 0 Å². The molecule has 21 heavy (non-hydrogen) atoms. The van der Waals surface area contributed by atoms with E-state index in [0.717, 1.165) is 0 Å². The molecule has 0 saturated carbocycles. The Labute approximate surface area is 120 Å². The number of amides is 1. The molecule has 8 heteroatoms. The summed E-state index contributed by atoms with van der Waals surface area (Å²) in [4.78, 5) is 33.4. The zero-order valence-corrected chi connectivity index (χ0v) is 11.2. The summed E-state index contributed by atoms with van der Waals surface area (Å²) >= 11 is 0. The van der Waals surface area contributed by atoms with Crippen LogP contribution in [0, 0.1) is 0 Å². The molecule has 4 N–H and O–H groups in total. The van der Waals surface area contributed by atoms with Crippen molar-refractivity contribution >= 4 is 17.8 Å². The maximum absolute atomic E-state index is 11.9. The maximum atomic E-state index is 11.9. The van der Waals surface area contributed by atoms with Gasteiger partial charge >= 0.3 is 11.9 Å². The van der Waals surface area contributed by atoms with Gasteiger partial charge in [0.25, 0.3) is 5.91 Å². The van der Waals surface area contributed by atoms with E-state index in [2.05, 4.69) is 5.32 Å². The Balaban J connectivity index is 2.81. The molecule has 8 nitrogen and oxygen atoms in total. The van der Waals surface area contributed by atoms with Crippen molar-refractivity contribution in [3.63, 3.8) is 0 Å². The second-order valence-corrected chi connectivity index (χ2v) is 4.18. The van der Waals surface area contributed by atoms with Crippen LogP contribution in [0.3, 0.4) is 0 Å². The van der Waals surface area contributed by atoms with Crippen LogP contribution in [-0.4, -0.2) is 46.3 Å². The van der Waals surface area contributed by atoms with Crippen molar-refractivity contribution in [2.24, 2.45) is 0 Å². The van der Waals surface area contributed by atoms with E-state index in [1.807, 2.05) is 0 Å². The third kappa shape index (κ3) is 4.68. The molecule has 1 atom stereocenters. The number of carbonyl (C=O) groups excluding carboxylic acids is 1. The second-order valence-electron chi connectivity index (χ2n) is 4.18. The molecule has 1 unspecified atom stereocenters. The molecule has 0 aromatic heterocycles. The van der Waals surface area contributed by atoms with Crippen LogP contribution in [0.2, 0.25) is 0 Å². The molecule has 1 aromatic carbocycles. The summed E-state index contributed by atoms with van der Waals surface area (Å²) in [5.74, 6) is -3.27. The Kier molecular flexibility index (Phi) is 5.53. The first kappa shape index (κ1) is 16.3. The fraction of sp³-hybridized carbons (Fsp3) is 0.308. The van der Waals surface area contributed by atoms with Gasteiger partial charge in [-0.15, -0.1) is 0 Å².